The minimum absolute atomic E-state index is 0.114. The number of hydrogen-bond donors (Lipinski definition) is 2. The highest BCUT2D eigenvalue weighted by Gasteiger charge is 2.17. The Morgan fingerprint density at radius 3 is 2.88 bits per heavy atom. The molecule has 0 aliphatic carbocycles. The Balaban J connectivity index is 2.25. The molecule has 17 heavy (non-hydrogen) atoms. The Morgan fingerprint density at radius 2 is 2.24 bits per heavy atom. The van der Waals surface area contributed by atoms with Crippen molar-refractivity contribution in [3.8, 4) is 0 Å². The normalized spacial score (nSPS) is 10.2. The number of nitrogens with one attached hydrogen (secondary N) is 1. The van der Waals surface area contributed by atoms with Crippen molar-refractivity contribution in [2.45, 2.75) is 6.92 Å². The molecule has 0 aliphatic heterocycles. The van der Waals surface area contributed by atoms with Crippen molar-refractivity contribution in [1.82, 2.24) is 10.3 Å². The van der Waals surface area contributed by atoms with Crippen LogP contribution in [0.3, 0.4) is 0 Å². The van der Waals surface area contributed by atoms with Gasteiger partial charge < -0.3 is 11.1 Å². The Bertz CT molecular complexity index is 567. The molecule has 2 aromatic rings. The first-order chi connectivity index (χ1) is 8.09. The van der Waals surface area contributed by atoms with Crippen LogP contribution in [0.4, 0.5) is 15.9 Å². The SMILES string of the molecule is Cc1c(F)cccc1NC(=O)c1nonc1N. The average Bonchev–Trinajstić information content (AvgIpc) is 2.71. The fourth-order valence-corrected chi connectivity index (χ4v) is 1.28. The van der Waals surface area contributed by atoms with Crippen molar-refractivity contribution in [3.63, 3.8) is 0 Å². The molecule has 1 aromatic heterocycles. The summed E-state index contributed by atoms with van der Waals surface area (Å²) in [5.41, 5.74) is 5.90. The van der Waals surface area contributed by atoms with Crippen molar-refractivity contribution in [3.05, 3.63) is 35.3 Å². The second-order valence-electron chi connectivity index (χ2n) is 3.36. The molecule has 0 saturated carbocycles. The molecule has 0 radical (unpaired) electrons. The predicted octanol–water partition coefficient (Wildman–Crippen LogP) is 1.35. The van der Waals surface area contributed by atoms with Gasteiger partial charge in [-0.15, -0.1) is 0 Å². The summed E-state index contributed by atoms with van der Waals surface area (Å²) in [6, 6.07) is 4.36. The number of carbonyl (C=O) groups excluding carboxylic acids is 1. The maximum atomic E-state index is 13.2. The quantitative estimate of drug-likeness (QED) is 0.820. The first kappa shape index (κ1) is 11.1. The Morgan fingerprint density at radius 1 is 1.47 bits per heavy atom. The van der Waals surface area contributed by atoms with Crippen molar-refractivity contribution >= 4 is 17.4 Å². The van der Waals surface area contributed by atoms with E-state index in [4.69, 9.17) is 5.73 Å². The van der Waals surface area contributed by atoms with Crippen molar-refractivity contribution < 1.29 is 13.8 Å². The highest BCUT2D eigenvalue weighted by Crippen LogP contribution is 2.18. The van der Waals surface area contributed by atoms with Crippen LogP contribution < -0.4 is 11.1 Å². The van der Waals surface area contributed by atoms with Crippen LogP contribution >= 0.6 is 0 Å². The number of aromatic nitrogens is 2. The first-order valence-electron chi connectivity index (χ1n) is 4.74. The number of halogens is 1. The summed E-state index contributed by atoms with van der Waals surface area (Å²) in [4.78, 5) is 11.7. The fraction of sp³-hybridized carbons (Fsp3) is 0.100. The predicted molar refractivity (Wildman–Crippen MR) is 57.8 cm³/mol. The smallest absolute Gasteiger partial charge is 0.281 e. The van der Waals surface area contributed by atoms with Gasteiger partial charge in [-0.05, 0) is 29.4 Å². The minimum Gasteiger partial charge on any atom is -0.379 e. The van der Waals surface area contributed by atoms with Crippen LogP contribution in [0.15, 0.2) is 22.8 Å². The van der Waals surface area contributed by atoms with Gasteiger partial charge in [-0.1, -0.05) is 6.07 Å². The van der Waals surface area contributed by atoms with Crippen molar-refractivity contribution in [2.24, 2.45) is 0 Å². The van der Waals surface area contributed by atoms with Crippen LogP contribution in [-0.2, 0) is 0 Å². The largest absolute Gasteiger partial charge is 0.379 e. The third-order valence-corrected chi connectivity index (χ3v) is 2.24. The average molecular weight is 236 g/mol. The molecule has 6 nitrogen and oxygen atoms in total. The lowest BCUT2D eigenvalue weighted by atomic mass is 10.2. The summed E-state index contributed by atoms with van der Waals surface area (Å²) in [5, 5.41) is 9.10. The monoisotopic (exact) mass is 236 g/mol. The molecule has 3 N–H and O–H groups in total. The van der Waals surface area contributed by atoms with E-state index < -0.39 is 11.7 Å². The van der Waals surface area contributed by atoms with E-state index in [1.165, 1.54) is 12.1 Å². The van der Waals surface area contributed by atoms with Gasteiger partial charge in [-0.25, -0.2) is 9.02 Å². The topological polar surface area (TPSA) is 94.0 Å². The van der Waals surface area contributed by atoms with E-state index in [0.717, 1.165) is 0 Å². The van der Waals surface area contributed by atoms with Gasteiger partial charge in [-0.2, -0.15) is 0 Å². The van der Waals surface area contributed by atoms with Crippen molar-refractivity contribution in [2.75, 3.05) is 11.1 Å². The third-order valence-electron chi connectivity index (χ3n) is 2.24. The molecule has 0 aliphatic rings. The number of nitrogens with two attached hydrogens (primary N) is 1. The number of hydrogen-bond acceptors (Lipinski definition) is 5. The lowest BCUT2D eigenvalue weighted by Gasteiger charge is -2.06. The minimum atomic E-state index is -0.600. The molecule has 0 fully saturated rings. The van der Waals surface area contributed by atoms with E-state index in [1.807, 2.05) is 0 Å². The Hall–Kier alpha value is -2.44. The van der Waals surface area contributed by atoms with Gasteiger partial charge in [0, 0.05) is 11.3 Å². The number of amides is 1. The van der Waals surface area contributed by atoms with Crippen LogP contribution in [0.25, 0.3) is 0 Å². The lowest BCUT2D eigenvalue weighted by molar-refractivity contribution is 0.101. The molecule has 0 bridgehead atoms. The second-order valence-corrected chi connectivity index (χ2v) is 3.36. The van der Waals surface area contributed by atoms with E-state index in [2.05, 4.69) is 20.3 Å². The lowest BCUT2D eigenvalue weighted by Crippen LogP contribution is -2.15. The van der Waals surface area contributed by atoms with E-state index in [-0.39, 0.29) is 11.5 Å². The van der Waals surface area contributed by atoms with Crippen LogP contribution in [-0.4, -0.2) is 16.2 Å². The van der Waals surface area contributed by atoms with Gasteiger partial charge in [0.1, 0.15) is 5.82 Å². The van der Waals surface area contributed by atoms with Gasteiger partial charge in [0.2, 0.25) is 11.5 Å². The molecule has 0 unspecified atom stereocenters. The van der Waals surface area contributed by atoms with E-state index in [0.29, 0.717) is 11.3 Å². The highest BCUT2D eigenvalue weighted by atomic mass is 19.1. The summed E-state index contributed by atoms with van der Waals surface area (Å²) >= 11 is 0. The summed E-state index contributed by atoms with van der Waals surface area (Å²) in [6.45, 7) is 1.55. The zero-order valence-corrected chi connectivity index (χ0v) is 8.90. The fourth-order valence-electron chi connectivity index (χ4n) is 1.28. The van der Waals surface area contributed by atoms with E-state index >= 15 is 0 Å². The highest BCUT2D eigenvalue weighted by molar-refractivity contribution is 6.05. The molecular weight excluding hydrogens is 227 g/mol. The van der Waals surface area contributed by atoms with Crippen LogP contribution in [0, 0.1) is 12.7 Å². The standard InChI is InChI=1S/C10H9FN4O2/c1-5-6(11)3-2-4-7(5)13-10(16)8-9(12)15-17-14-8/h2-4H,1H3,(H2,12,15)(H,13,16). The Labute approximate surface area is 95.6 Å². The number of anilines is 2. The molecule has 0 saturated heterocycles. The van der Waals surface area contributed by atoms with Gasteiger partial charge >= 0.3 is 0 Å². The van der Waals surface area contributed by atoms with Crippen molar-refractivity contribution in [1.29, 1.82) is 0 Å². The van der Waals surface area contributed by atoms with Gasteiger partial charge in [0.05, 0.1) is 0 Å². The molecule has 1 aromatic carbocycles. The zero-order chi connectivity index (χ0) is 12.4. The van der Waals surface area contributed by atoms with Crippen LogP contribution in [0.2, 0.25) is 0 Å². The maximum Gasteiger partial charge on any atom is 0.281 e. The number of nitrogen functional groups attached to an aromatic ring is 1. The summed E-state index contributed by atoms with van der Waals surface area (Å²) in [6.07, 6.45) is 0. The van der Waals surface area contributed by atoms with E-state index in [9.17, 15) is 9.18 Å². The molecule has 7 heteroatoms. The number of nitrogens with zero attached hydrogens (tertiary/aromatic N) is 2. The molecule has 0 spiro atoms. The first-order valence-corrected chi connectivity index (χ1v) is 4.74. The van der Waals surface area contributed by atoms with E-state index in [1.54, 1.807) is 13.0 Å². The summed E-state index contributed by atoms with van der Waals surface area (Å²) in [7, 11) is 0. The summed E-state index contributed by atoms with van der Waals surface area (Å²) in [5.74, 6) is -1.12. The molecule has 88 valence electrons. The Kier molecular flexibility index (Phi) is 2.73. The molecular formula is C10H9FN4O2. The number of rotatable bonds is 2. The molecule has 2 rings (SSSR count). The van der Waals surface area contributed by atoms with Gasteiger partial charge in [-0.3, -0.25) is 4.79 Å². The second kappa shape index (κ2) is 4.20. The van der Waals surface area contributed by atoms with Crippen LogP contribution in [0.5, 0.6) is 0 Å². The summed E-state index contributed by atoms with van der Waals surface area (Å²) < 4.78 is 17.5. The number of carbonyl (C=O) groups is 1. The molecule has 0 atom stereocenters. The van der Waals surface area contributed by atoms with Gasteiger partial charge in [0.25, 0.3) is 5.91 Å². The molecule has 1 amide bonds. The number of benzene rings is 1. The zero-order valence-electron chi connectivity index (χ0n) is 8.90. The van der Waals surface area contributed by atoms with Crippen LogP contribution in [0.1, 0.15) is 16.1 Å². The maximum absolute atomic E-state index is 13.2. The molecule has 1 heterocycles. The third kappa shape index (κ3) is 2.07. The van der Waals surface area contributed by atoms with Gasteiger partial charge in [0.15, 0.2) is 0 Å².